The molecule has 0 bridgehead atoms. The van der Waals surface area contributed by atoms with Gasteiger partial charge in [-0.2, -0.15) is 5.10 Å². The minimum Gasteiger partial charge on any atom is -0.496 e. The first-order valence-corrected chi connectivity index (χ1v) is 14.7. The number of likely N-dealkylation sites (N-methyl/N-ethyl adjacent to an activating group) is 1. The number of aryl methyl sites for hydroxylation is 1. The van der Waals surface area contributed by atoms with Crippen molar-refractivity contribution in [1.82, 2.24) is 34.1 Å². The van der Waals surface area contributed by atoms with E-state index in [1.54, 1.807) is 13.4 Å². The Morgan fingerprint density at radius 2 is 1.63 bits per heavy atom. The molecule has 1 saturated heterocycles. The third kappa shape index (κ3) is 4.53. The number of hydrogen-bond acceptors (Lipinski definition) is 7. The zero-order valence-corrected chi connectivity index (χ0v) is 24.1. The molecule has 0 spiro atoms. The molecule has 0 radical (unpaired) electrons. The van der Waals surface area contributed by atoms with E-state index in [1.807, 2.05) is 0 Å². The number of nitrogens with zero attached hydrogens (tertiary/aromatic N) is 7. The summed E-state index contributed by atoms with van der Waals surface area (Å²) in [7, 11) is 6.03. The highest BCUT2D eigenvalue weighted by atomic mass is 16.5. The summed E-state index contributed by atoms with van der Waals surface area (Å²) in [5, 5.41) is 7.19. The Morgan fingerprint density at radius 3 is 2.39 bits per heavy atom. The Bertz CT molecular complexity index is 1710. The lowest BCUT2D eigenvalue weighted by molar-refractivity contribution is 0.0815. The first kappa shape index (κ1) is 26.0. The predicted octanol–water partition coefficient (Wildman–Crippen LogP) is 4.97. The molecule has 1 aliphatic heterocycles. The van der Waals surface area contributed by atoms with Crippen molar-refractivity contribution in [3.63, 3.8) is 0 Å². The number of para-hydroxylation sites is 1. The van der Waals surface area contributed by atoms with Gasteiger partial charge in [-0.25, -0.2) is 14.6 Å². The maximum atomic E-state index is 6.47. The standard InChI is InChI=1S/C32H38N8O/c1-37-14-16-39(17-15-37)23-9-11-24(12-10-23)40-32-29(31(33)34-20-35-32)30(36-40)22-8-13-25(28(19-22)41-3)27-18-21-6-4-5-7-26(21)38(27)2/h4-8,13,18-20,23-24H,9-12,14-17H2,1-3H3,(H2,33,34,35). The molecule has 2 N–H and O–H groups in total. The first-order valence-electron chi connectivity index (χ1n) is 14.7. The predicted molar refractivity (Wildman–Crippen MR) is 164 cm³/mol. The van der Waals surface area contributed by atoms with Crippen molar-refractivity contribution < 1.29 is 4.74 Å². The quantitative estimate of drug-likeness (QED) is 0.330. The summed E-state index contributed by atoms with van der Waals surface area (Å²) >= 11 is 0. The summed E-state index contributed by atoms with van der Waals surface area (Å²) in [6.45, 7) is 4.65. The molecule has 4 heterocycles. The van der Waals surface area contributed by atoms with Gasteiger partial charge in [-0.05, 0) is 57.0 Å². The van der Waals surface area contributed by atoms with Gasteiger partial charge in [0.05, 0.1) is 24.2 Å². The van der Waals surface area contributed by atoms with Crippen LogP contribution < -0.4 is 10.5 Å². The van der Waals surface area contributed by atoms with Gasteiger partial charge in [0.2, 0.25) is 0 Å². The molecule has 1 saturated carbocycles. The van der Waals surface area contributed by atoms with Crippen molar-refractivity contribution in [3.05, 3.63) is 54.9 Å². The van der Waals surface area contributed by atoms with Crippen molar-refractivity contribution in [2.45, 2.75) is 37.8 Å². The van der Waals surface area contributed by atoms with Crippen molar-refractivity contribution in [2.24, 2.45) is 7.05 Å². The van der Waals surface area contributed by atoms with Gasteiger partial charge < -0.3 is 19.9 Å². The molecule has 0 amide bonds. The van der Waals surface area contributed by atoms with Crippen LogP contribution in [0.3, 0.4) is 0 Å². The van der Waals surface area contributed by atoms with E-state index in [4.69, 9.17) is 15.6 Å². The van der Waals surface area contributed by atoms with E-state index in [-0.39, 0.29) is 0 Å². The lowest BCUT2D eigenvalue weighted by atomic mass is 9.90. The van der Waals surface area contributed by atoms with Gasteiger partial charge in [-0.15, -0.1) is 0 Å². The molecule has 3 aromatic heterocycles. The Hall–Kier alpha value is -3.95. The zero-order valence-electron chi connectivity index (χ0n) is 24.1. The Morgan fingerprint density at radius 1 is 0.878 bits per heavy atom. The lowest BCUT2D eigenvalue weighted by Gasteiger charge is -2.41. The molecule has 9 heteroatoms. The maximum Gasteiger partial charge on any atom is 0.164 e. The van der Waals surface area contributed by atoms with Crippen LogP contribution in [0.4, 0.5) is 5.82 Å². The molecule has 1 aliphatic carbocycles. The molecule has 2 aromatic carbocycles. The van der Waals surface area contributed by atoms with Gasteiger partial charge >= 0.3 is 0 Å². The van der Waals surface area contributed by atoms with Gasteiger partial charge in [0, 0.05) is 61.3 Å². The molecular formula is C32H38N8O. The third-order valence-electron chi connectivity index (χ3n) is 9.29. The highest BCUT2D eigenvalue weighted by Gasteiger charge is 2.31. The molecule has 0 unspecified atom stereocenters. The number of nitrogens with two attached hydrogens (primary N) is 1. The van der Waals surface area contributed by atoms with E-state index in [1.165, 1.54) is 36.8 Å². The van der Waals surface area contributed by atoms with E-state index < -0.39 is 0 Å². The summed E-state index contributed by atoms with van der Waals surface area (Å²) in [6.07, 6.45) is 6.08. The largest absolute Gasteiger partial charge is 0.496 e. The minimum absolute atomic E-state index is 0.293. The monoisotopic (exact) mass is 550 g/mol. The molecule has 2 fully saturated rings. The summed E-state index contributed by atoms with van der Waals surface area (Å²) in [5.41, 5.74) is 12.4. The van der Waals surface area contributed by atoms with Crippen LogP contribution in [0.1, 0.15) is 31.7 Å². The fourth-order valence-corrected chi connectivity index (χ4v) is 6.90. The number of piperazine rings is 1. The van der Waals surface area contributed by atoms with Gasteiger partial charge in [0.1, 0.15) is 23.6 Å². The zero-order chi connectivity index (χ0) is 28.1. The molecule has 0 atom stereocenters. The van der Waals surface area contributed by atoms with Crippen LogP contribution >= 0.6 is 0 Å². The van der Waals surface area contributed by atoms with Crippen molar-refractivity contribution in [3.8, 4) is 28.3 Å². The second-order valence-electron chi connectivity index (χ2n) is 11.6. The van der Waals surface area contributed by atoms with Crippen LogP contribution in [0, 0.1) is 0 Å². The summed E-state index contributed by atoms with van der Waals surface area (Å²) in [4.78, 5) is 14.1. The van der Waals surface area contributed by atoms with Crippen LogP contribution in [0.25, 0.3) is 44.5 Å². The number of anilines is 1. The van der Waals surface area contributed by atoms with Gasteiger partial charge in [0.15, 0.2) is 5.65 Å². The van der Waals surface area contributed by atoms with Gasteiger partial charge in [0.25, 0.3) is 0 Å². The number of methoxy groups -OCH3 is 1. The SMILES string of the molecule is COc1cc(-c2nn(C3CCC(N4CCN(C)CC4)CC3)c3ncnc(N)c23)ccc1-c1cc2ccccc2n1C. The van der Waals surface area contributed by atoms with E-state index in [0.717, 1.165) is 65.2 Å². The first-order chi connectivity index (χ1) is 20.0. The highest BCUT2D eigenvalue weighted by Crippen LogP contribution is 2.40. The van der Waals surface area contributed by atoms with Crippen molar-refractivity contribution in [1.29, 1.82) is 0 Å². The molecule has 2 aliphatic rings. The van der Waals surface area contributed by atoms with Gasteiger partial charge in [-0.3, -0.25) is 4.90 Å². The summed E-state index contributed by atoms with van der Waals surface area (Å²) in [6, 6.07) is 17.9. The smallest absolute Gasteiger partial charge is 0.164 e. The number of ether oxygens (including phenoxy) is 1. The average Bonchev–Trinajstić information content (AvgIpc) is 3.56. The topological polar surface area (TPSA) is 90.3 Å². The van der Waals surface area contributed by atoms with E-state index >= 15 is 0 Å². The molecular weight excluding hydrogens is 512 g/mol. The summed E-state index contributed by atoms with van der Waals surface area (Å²) < 4.78 is 10.3. The van der Waals surface area contributed by atoms with Crippen LogP contribution in [-0.4, -0.2) is 80.5 Å². The molecule has 212 valence electrons. The number of aromatic nitrogens is 5. The second-order valence-corrected chi connectivity index (χ2v) is 11.6. The van der Waals surface area contributed by atoms with E-state index in [0.29, 0.717) is 17.9 Å². The number of rotatable bonds is 5. The van der Waals surface area contributed by atoms with Gasteiger partial charge in [-0.1, -0.05) is 24.3 Å². The summed E-state index contributed by atoms with van der Waals surface area (Å²) in [5.74, 6) is 1.25. The number of nitrogen functional groups attached to an aromatic ring is 1. The fourth-order valence-electron chi connectivity index (χ4n) is 6.90. The van der Waals surface area contributed by atoms with Crippen LogP contribution in [0.2, 0.25) is 0 Å². The van der Waals surface area contributed by atoms with Crippen LogP contribution in [-0.2, 0) is 7.05 Å². The lowest BCUT2D eigenvalue weighted by Crippen LogP contribution is -2.49. The number of fused-ring (bicyclic) bond motifs is 2. The van der Waals surface area contributed by atoms with Crippen molar-refractivity contribution >= 4 is 27.8 Å². The third-order valence-corrected chi connectivity index (χ3v) is 9.29. The molecule has 7 rings (SSSR count). The van der Waals surface area contributed by atoms with E-state index in [9.17, 15) is 0 Å². The van der Waals surface area contributed by atoms with Crippen LogP contribution in [0.15, 0.2) is 54.9 Å². The Kier molecular flexibility index (Phi) is 6.63. The average molecular weight is 551 g/mol. The normalized spacial score (nSPS) is 20.7. The van der Waals surface area contributed by atoms with E-state index in [2.05, 4.69) is 91.6 Å². The molecule has 41 heavy (non-hydrogen) atoms. The second kappa shape index (κ2) is 10.5. The number of benzene rings is 2. The number of hydrogen-bond donors (Lipinski definition) is 1. The fraction of sp³-hybridized carbons (Fsp3) is 0.406. The molecule has 5 aromatic rings. The maximum absolute atomic E-state index is 6.47. The Labute approximate surface area is 240 Å². The molecule has 9 nitrogen and oxygen atoms in total. The highest BCUT2D eigenvalue weighted by molar-refractivity contribution is 5.99. The minimum atomic E-state index is 0.293. The Balaban J connectivity index is 1.22. The van der Waals surface area contributed by atoms with Crippen LogP contribution in [0.5, 0.6) is 5.75 Å². The van der Waals surface area contributed by atoms with Crippen molar-refractivity contribution in [2.75, 3.05) is 46.1 Å².